The van der Waals surface area contributed by atoms with Crippen LogP contribution in [0.15, 0.2) is 47.4 Å². The van der Waals surface area contributed by atoms with E-state index < -0.39 is 15.8 Å². The zero-order valence-corrected chi connectivity index (χ0v) is 11.2. The maximum Gasteiger partial charge on any atom is 0.262 e. The Bertz CT molecular complexity index is 719. The first-order valence-electron chi connectivity index (χ1n) is 5.22. The SMILES string of the molecule is Nc1ccc(F)c(NS(=O)(=O)c2cccc(Cl)c2)c1. The van der Waals surface area contributed by atoms with Crippen molar-refractivity contribution in [2.45, 2.75) is 4.90 Å². The third-order valence-electron chi connectivity index (χ3n) is 2.34. The van der Waals surface area contributed by atoms with Crippen LogP contribution in [0.3, 0.4) is 0 Å². The molecule has 0 amide bonds. The minimum absolute atomic E-state index is 0.0539. The Balaban J connectivity index is 2.39. The number of rotatable bonds is 3. The van der Waals surface area contributed by atoms with Crippen molar-refractivity contribution in [2.75, 3.05) is 10.5 Å². The topological polar surface area (TPSA) is 72.2 Å². The normalized spacial score (nSPS) is 11.3. The minimum Gasteiger partial charge on any atom is -0.399 e. The van der Waals surface area contributed by atoms with Crippen molar-refractivity contribution in [2.24, 2.45) is 0 Å². The Morgan fingerprint density at radius 2 is 1.89 bits per heavy atom. The van der Waals surface area contributed by atoms with Crippen molar-refractivity contribution >= 4 is 33.0 Å². The highest BCUT2D eigenvalue weighted by molar-refractivity contribution is 7.92. The lowest BCUT2D eigenvalue weighted by atomic mass is 10.3. The van der Waals surface area contributed by atoms with Gasteiger partial charge in [0.25, 0.3) is 10.0 Å². The van der Waals surface area contributed by atoms with Crippen LogP contribution < -0.4 is 10.5 Å². The van der Waals surface area contributed by atoms with Gasteiger partial charge >= 0.3 is 0 Å². The van der Waals surface area contributed by atoms with Gasteiger partial charge in [0, 0.05) is 10.7 Å². The molecule has 0 atom stereocenters. The fourth-order valence-electron chi connectivity index (χ4n) is 1.46. The molecule has 0 aliphatic heterocycles. The monoisotopic (exact) mass is 300 g/mol. The molecule has 7 heteroatoms. The van der Waals surface area contributed by atoms with E-state index in [1.807, 2.05) is 0 Å². The quantitative estimate of drug-likeness (QED) is 0.856. The molecule has 0 aliphatic carbocycles. The van der Waals surface area contributed by atoms with Gasteiger partial charge in [-0.25, -0.2) is 12.8 Å². The molecule has 0 spiro atoms. The summed E-state index contributed by atoms with van der Waals surface area (Å²) in [5.74, 6) is -0.709. The molecule has 100 valence electrons. The summed E-state index contributed by atoms with van der Waals surface area (Å²) >= 11 is 5.72. The second-order valence-corrected chi connectivity index (χ2v) is 5.92. The summed E-state index contributed by atoms with van der Waals surface area (Å²) in [7, 11) is -3.91. The predicted octanol–water partition coefficient (Wildman–Crippen LogP) is 2.86. The van der Waals surface area contributed by atoms with Gasteiger partial charge < -0.3 is 5.73 Å². The van der Waals surface area contributed by atoms with Crippen LogP contribution in [0.4, 0.5) is 15.8 Å². The third-order valence-corrected chi connectivity index (χ3v) is 3.94. The Morgan fingerprint density at radius 1 is 1.16 bits per heavy atom. The van der Waals surface area contributed by atoms with Crippen molar-refractivity contribution in [3.63, 3.8) is 0 Å². The van der Waals surface area contributed by atoms with Crippen LogP contribution in [0, 0.1) is 5.82 Å². The zero-order valence-electron chi connectivity index (χ0n) is 9.60. The van der Waals surface area contributed by atoms with Gasteiger partial charge in [-0.3, -0.25) is 4.72 Å². The highest BCUT2D eigenvalue weighted by Gasteiger charge is 2.16. The lowest BCUT2D eigenvalue weighted by Gasteiger charge is -2.09. The second-order valence-electron chi connectivity index (χ2n) is 3.80. The fraction of sp³-hybridized carbons (Fsp3) is 0. The molecular formula is C12H10ClFN2O2S. The Morgan fingerprint density at radius 3 is 2.58 bits per heavy atom. The lowest BCUT2D eigenvalue weighted by molar-refractivity contribution is 0.598. The van der Waals surface area contributed by atoms with Crippen LogP contribution in [0.2, 0.25) is 5.02 Å². The number of nitrogens with two attached hydrogens (primary N) is 1. The highest BCUT2D eigenvalue weighted by Crippen LogP contribution is 2.22. The summed E-state index contributed by atoms with van der Waals surface area (Å²) in [6.07, 6.45) is 0. The fourth-order valence-corrected chi connectivity index (χ4v) is 2.82. The lowest BCUT2D eigenvalue weighted by Crippen LogP contribution is -2.14. The van der Waals surface area contributed by atoms with Gasteiger partial charge in [0.15, 0.2) is 0 Å². The van der Waals surface area contributed by atoms with Gasteiger partial charge in [-0.2, -0.15) is 0 Å². The first-order chi connectivity index (χ1) is 8.88. The summed E-state index contributed by atoms with van der Waals surface area (Å²) in [5, 5.41) is 0.274. The number of halogens is 2. The first kappa shape index (κ1) is 13.6. The Labute approximate surface area is 115 Å². The van der Waals surface area contributed by atoms with Gasteiger partial charge in [0.05, 0.1) is 10.6 Å². The molecule has 0 heterocycles. The maximum absolute atomic E-state index is 13.5. The minimum atomic E-state index is -3.91. The number of anilines is 2. The van der Waals surface area contributed by atoms with Crippen LogP contribution in [-0.2, 0) is 10.0 Å². The van der Waals surface area contributed by atoms with Crippen molar-refractivity contribution < 1.29 is 12.8 Å². The van der Waals surface area contributed by atoms with Crippen molar-refractivity contribution in [1.29, 1.82) is 0 Å². The smallest absolute Gasteiger partial charge is 0.262 e. The molecule has 0 fully saturated rings. The molecule has 2 rings (SSSR count). The van der Waals surface area contributed by atoms with E-state index in [0.29, 0.717) is 0 Å². The number of hydrogen-bond donors (Lipinski definition) is 2. The first-order valence-corrected chi connectivity index (χ1v) is 7.08. The maximum atomic E-state index is 13.5. The van der Waals surface area contributed by atoms with Crippen LogP contribution >= 0.6 is 11.6 Å². The van der Waals surface area contributed by atoms with E-state index in [-0.39, 0.29) is 21.3 Å². The average molecular weight is 301 g/mol. The van der Waals surface area contributed by atoms with Gasteiger partial charge in [0.1, 0.15) is 5.82 Å². The zero-order chi connectivity index (χ0) is 14.0. The second kappa shape index (κ2) is 5.07. The van der Waals surface area contributed by atoms with Crippen LogP contribution in [-0.4, -0.2) is 8.42 Å². The van der Waals surface area contributed by atoms with E-state index in [2.05, 4.69) is 4.72 Å². The third kappa shape index (κ3) is 3.15. The molecule has 4 nitrogen and oxygen atoms in total. The van der Waals surface area contributed by atoms with Gasteiger partial charge in [-0.05, 0) is 36.4 Å². The average Bonchev–Trinajstić information content (AvgIpc) is 2.33. The molecule has 2 aromatic rings. The number of sulfonamides is 1. The summed E-state index contributed by atoms with van der Waals surface area (Å²) in [4.78, 5) is -0.0539. The summed E-state index contributed by atoms with van der Waals surface area (Å²) in [6, 6.07) is 9.30. The summed E-state index contributed by atoms with van der Waals surface area (Å²) in [6.45, 7) is 0. The number of nitrogens with one attached hydrogen (secondary N) is 1. The van der Waals surface area contributed by atoms with E-state index in [4.69, 9.17) is 17.3 Å². The molecule has 19 heavy (non-hydrogen) atoms. The highest BCUT2D eigenvalue weighted by atomic mass is 35.5. The predicted molar refractivity (Wildman–Crippen MR) is 73.1 cm³/mol. The summed E-state index contributed by atoms with van der Waals surface area (Å²) in [5.41, 5.74) is 5.53. The molecule has 0 aliphatic rings. The molecule has 0 radical (unpaired) electrons. The molecular weight excluding hydrogens is 291 g/mol. The standard InChI is InChI=1S/C12H10ClFN2O2S/c13-8-2-1-3-10(6-8)19(17,18)16-12-7-9(15)4-5-11(12)14/h1-7,16H,15H2. The van der Waals surface area contributed by atoms with E-state index in [9.17, 15) is 12.8 Å². The van der Waals surface area contributed by atoms with E-state index in [1.165, 1.54) is 30.3 Å². The molecule has 0 bridgehead atoms. The molecule has 2 aromatic carbocycles. The molecule has 0 unspecified atom stereocenters. The van der Waals surface area contributed by atoms with Crippen LogP contribution in [0.25, 0.3) is 0 Å². The van der Waals surface area contributed by atoms with Gasteiger partial charge in [-0.1, -0.05) is 17.7 Å². The number of hydrogen-bond acceptors (Lipinski definition) is 3. The molecule has 3 N–H and O–H groups in total. The van der Waals surface area contributed by atoms with Gasteiger partial charge in [-0.15, -0.1) is 0 Å². The molecule has 0 saturated carbocycles. The van der Waals surface area contributed by atoms with E-state index in [1.54, 1.807) is 6.07 Å². The Kier molecular flexibility index (Phi) is 3.64. The van der Waals surface area contributed by atoms with E-state index in [0.717, 1.165) is 6.07 Å². The number of benzene rings is 2. The van der Waals surface area contributed by atoms with Crippen molar-refractivity contribution in [3.8, 4) is 0 Å². The molecule has 0 saturated heterocycles. The Hall–Kier alpha value is -1.79. The van der Waals surface area contributed by atoms with E-state index >= 15 is 0 Å². The van der Waals surface area contributed by atoms with Gasteiger partial charge in [0.2, 0.25) is 0 Å². The summed E-state index contributed by atoms with van der Waals surface area (Å²) < 4.78 is 39.7. The largest absolute Gasteiger partial charge is 0.399 e. The van der Waals surface area contributed by atoms with Crippen molar-refractivity contribution in [3.05, 3.63) is 53.3 Å². The number of nitrogen functional groups attached to an aromatic ring is 1. The van der Waals surface area contributed by atoms with Crippen LogP contribution in [0.1, 0.15) is 0 Å². The molecule has 0 aromatic heterocycles. The van der Waals surface area contributed by atoms with Crippen molar-refractivity contribution in [1.82, 2.24) is 0 Å². The van der Waals surface area contributed by atoms with Crippen LogP contribution in [0.5, 0.6) is 0 Å².